The van der Waals surface area contributed by atoms with Gasteiger partial charge in [0.25, 0.3) is 5.91 Å². The second kappa shape index (κ2) is 8.50. The van der Waals surface area contributed by atoms with E-state index in [1.807, 2.05) is 41.3 Å². The van der Waals surface area contributed by atoms with Gasteiger partial charge in [-0.25, -0.2) is 0 Å². The number of nitrogens with zero attached hydrogens (tertiary/aromatic N) is 2. The van der Waals surface area contributed by atoms with Gasteiger partial charge in [-0.2, -0.15) is 0 Å². The molecule has 2 heterocycles. The van der Waals surface area contributed by atoms with Gasteiger partial charge in [-0.15, -0.1) is 0 Å². The van der Waals surface area contributed by atoms with Crippen LogP contribution in [0.3, 0.4) is 0 Å². The molecule has 0 N–H and O–H groups in total. The minimum absolute atomic E-state index is 0.0324. The lowest BCUT2D eigenvalue weighted by Gasteiger charge is -2.44. The van der Waals surface area contributed by atoms with Gasteiger partial charge >= 0.3 is 0 Å². The van der Waals surface area contributed by atoms with Crippen LogP contribution in [0, 0.1) is 0 Å². The van der Waals surface area contributed by atoms with Crippen molar-refractivity contribution in [2.45, 2.75) is 25.0 Å². The summed E-state index contributed by atoms with van der Waals surface area (Å²) in [5, 5.41) is 1.89. The van der Waals surface area contributed by atoms with Crippen LogP contribution in [0.4, 0.5) is 5.69 Å². The molecule has 2 saturated heterocycles. The predicted molar refractivity (Wildman–Crippen MR) is 114 cm³/mol. The average molecular weight is 440 g/mol. The Labute approximate surface area is 179 Å². The molecule has 1 amide bonds. The van der Waals surface area contributed by atoms with Crippen LogP contribution in [0.15, 0.2) is 42.5 Å². The monoisotopic (exact) mass is 438 g/mol. The number of hydrogen-bond donors (Lipinski definition) is 0. The number of carbonyl (C=O) groups is 1. The molecule has 28 heavy (non-hydrogen) atoms. The zero-order valence-corrected chi connectivity index (χ0v) is 17.6. The van der Waals surface area contributed by atoms with Gasteiger partial charge in [0, 0.05) is 36.3 Å². The third-order valence-corrected chi connectivity index (χ3v) is 6.16. The molecule has 2 aliphatic heterocycles. The highest BCUT2D eigenvalue weighted by Gasteiger charge is 2.35. The first-order valence-corrected chi connectivity index (χ1v) is 10.5. The van der Waals surface area contributed by atoms with Crippen LogP contribution in [0.1, 0.15) is 24.4 Å². The minimum Gasteiger partial charge on any atom is -0.368 e. The molecule has 2 unspecified atom stereocenters. The van der Waals surface area contributed by atoms with Gasteiger partial charge in [-0.3, -0.25) is 4.79 Å². The zero-order chi connectivity index (χ0) is 19.7. The molecule has 0 bridgehead atoms. The Kier molecular flexibility index (Phi) is 6.02. The van der Waals surface area contributed by atoms with Crippen LogP contribution in [-0.2, 0) is 9.53 Å². The number of anilines is 1. The van der Waals surface area contributed by atoms with E-state index in [1.54, 1.807) is 6.07 Å². The number of amides is 1. The van der Waals surface area contributed by atoms with Crippen LogP contribution in [0.5, 0.6) is 0 Å². The number of ether oxygens (including phenoxy) is 1. The van der Waals surface area contributed by atoms with Crippen molar-refractivity contribution in [1.82, 2.24) is 4.90 Å². The van der Waals surface area contributed by atoms with Crippen molar-refractivity contribution in [3.63, 3.8) is 0 Å². The molecule has 2 fully saturated rings. The van der Waals surface area contributed by atoms with Crippen LogP contribution >= 0.6 is 34.8 Å². The molecule has 2 aromatic rings. The van der Waals surface area contributed by atoms with E-state index in [0.717, 1.165) is 24.1 Å². The predicted octanol–water partition coefficient (Wildman–Crippen LogP) is 5.22. The van der Waals surface area contributed by atoms with Gasteiger partial charge < -0.3 is 14.5 Å². The molecule has 0 aromatic heterocycles. The smallest absolute Gasteiger partial charge is 0.251 e. The Bertz CT molecular complexity index is 853. The molecular formula is C21H21Cl3N2O2. The van der Waals surface area contributed by atoms with E-state index in [1.165, 1.54) is 0 Å². The van der Waals surface area contributed by atoms with E-state index in [9.17, 15) is 4.79 Å². The fraction of sp³-hybridized carbons (Fsp3) is 0.381. The lowest BCUT2D eigenvalue weighted by molar-refractivity contribution is -0.141. The second-order valence-electron chi connectivity index (χ2n) is 7.14. The number of rotatable bonds is 3. The Morgan fingerprint density at radius 3 is 2.43 bits per heavy atom. The molecule has 2 aliphatic rings. The third kappa shape index (κ3) is 4.11. The van der Waals surface area contributed by atoms with Crippen molar-refractivity contribution in [3.8, 4) is 0 Å². The number of hydrogen-bond acceptors (Lipinski definition) is 3. The van der Waals surface area contributed by atoms with Crippen molar-refractivity contribution in [3.05, 3.63) is 63.1 Å². The summed E-state index contributed by atoms with van der Waals surface area (Å²) < 4.78 is 5.61. The van der Waals surface area contributed by atoms with Crippen molar-refractivity contribution in [2.75, 3.05) is 31.1 Å². The molecule has 0 saturated carbocycles. The molecule has 0 spiro atoms. The van der Waals surface area contributed by atoms with Crippen LogP contribution in [0.25, 0.3) is 0 Å². The van der Waals surface area contributed by atoms with Gasteiger partial charge in [0.15, 0.2) is 0 Å². The molecular weight excluding hydrogens is 419 g/mol. The van der Waals surface area contributed by atoms with Gasteiger partial charge in [0.05, 0.1) is 16.8 Å². The van der Waals surface area contributed by atoms with Crippen molar-refractivity contribution in [1.29, 1.82) is 0 Å². The summed E-state index contributed by atoms with van der Waals surface area (Å²) in [6, 6.07) is 13.2. The number of halogens is 3. The Balaban J connectivity index is 1.64. The Morgan fingerprint density at radius 2 is 1.75 bits per heavy atom. The second-order valence-corrected chi connectivity index (χ2v) is 8.42. The van der Waals surface area contributed by atoms with Crippen molar-refractivity contribution < 1.29 is 9.53 Å². The average Bonchev–Trinajstić information content (AvgIpc) is 3.23. The van der Waals surface area contributed by atoms with Crippen molar-refractivity contribution >= 4 is 46.4 Å². The lowest BCUT2D eigenvalue weighted by atomic mass is 10.0. The van der Waals surface area contributed by atoms with E-state index < -0.39 is 0 Å². The van der Waals surface area contributed by atoms with E-state index in [-0.39, 0.29) is 18.1 Å². The van der Waals surface area contributed by atoms with Gasteiger partial charge in [0.2, 0.25) is 0 Å². The van der Waals surface area contributed by atoms with Crippen molar-refractivity contribution in [2.24, 2.45) is 0 Å². The Hall–Kier alpha value is -1.46. The summed E-state index contributed by atoms with van der Waals surface area (Å²) in [4.78, 5) is 17.1. The highest BCUT2D eigenvalue weighted by Crippen LogP contribution is 2.37. The molecule has 7 heteroatoms. The summed E-state index contributed by atoms with van der Waals surface area (Å²) in [7, 11) is 0. The minimum atomic E-state index is -0.309. The van der Waals surface area contributed by atoms with Gasteiger partial charge in [0.1, 0.15) is 6.10 Å². The fourth-order valence-electron chi connectivity index (χ4n) is 3.93. The highest BCUT2D eigenvalue weighted by atomic mass is 35.5. The number of carbonyl (C=O) groups excluding carboxylic acids is 1. The fourth-order valence-corrected chi connectivity index (χ4v) is 4.57. The SMILES string of the molecule is O=C(C1CCCO1)N1CCN(c2ccc(Cl)cc2Cl)C(c2ccc(Cl)cc2)C1. The molecule has 2 aromatic carbocycles. The maximum atomic E-state index is 12.9. The van der Waals surface area contributed by atoms with Crippen LogP contribution in [-0.4, -0.2) is 43.2 Å². The quantitative estimate of drug-likeness (QED) is 0.657. The standard InChI is InChI=1S/C21H21Cl3N2O2/c22-15-5-3-14(4-6-15)19-13-25(21(27)20-2-1-11-28-20)9-10-26(19)18-8-7-16(23)12-17(18)24/h3-8,12,19-20H,1-2,9-11,13H2. The van der Waals surface area contributed by atoms with Gasteiger partial charge in [-0.05, 0) is 48.7 Å². The molecule has 148 valence electrons. The first-order chi connectivity index (χ1) is 13.5. The summed E-state index contributed by atoms with van der Waals surface area (Å²) in [5.74, 6) is 0.0818. The summed E-state index contributed by atoms with van der Waals surface area (Å²) in [6.07, 6.45) is 1.43. The summed E-state index contributed by atoms with van der Waals surface area (Å²) >= 11 is 18.7. The van der Waals surface area contributed by atoms with Crippen LogP contribution < -0.4 is 4.90 Å². The molecule has 0 aliphatic carbocycles. The van der Waals surface area contributed by atoms with E-state index in [0.29, 0.717) is 41.3 Å². The molecule has 4 rings (SSSR count). The van der Waals surface area contributed by atoms with E-state index in [2.05, 4.69) is 4.90 Å². The summed E-state index contributed by atoms with van der Waals surface area (Å²) in [6.45, 7) is 2.53. The lowest BCUT2D eigenvalue weighted by Crippen LogP contribution is -2.53. The first-order valence-electron chi connectivity index (χ1n) is 9.40. The summed E-state index contributed by atoms with van der Waals surface area (Å²) in [5.41, 5.74) is 2.00. The largest absolute Gasteiger partial charge is 0.368 e. The third-order valence-electron chi connectivity index (χ3n) is 5.37. The molecule has 4 nitrogen and oxygen atoms in total. The van der Waals surface area contributed by atoms with Gasteiger partial charge in [-0.1, -0.05) is 46.9 Å². The zero-order valence-electron chi connectivity index (χ0n) is 15.3. The number of benzene rings is 2. The Morgan fingerprint density at radius 1 is 1.00 bits per heavy atom. The van der Waals surface area contributed by atoms with Crippen LogP contribution in [0.2, 0.25) is 15.1 Å². The molecule has 2 atom stereocenters. The topological polar surface area (TPSA) is 32.8 Å². The maximum absolute atomic E-state index is 12.9. The normalized spacial score (nSPS) is 22.5. The van der Waals surface area contributed by atoms with E-state index in [4.69, 9.17) is 39.5 Å². The van der Waals surface area contributed by atoms with E-state index >= 15 is 0 Å². The maximum Gasteiger partial charge on any atom is 0.251 e. The first kappa shape index (κ1) is 19.8. The highest BCUT2D eigenvalue weighted by molar-refractivity contribution is 6.36. The molecule has 0 radical (unpaired) electrons. The number of piperazine rings is 1.